The molecule has 2 fully saturated rings. The summed E-state index contributed by atoms with van der Waals surface area (Å²) >= 11 is 7.92. The van der Waals surface area contributed by atoms with Gasteiger partial charge in [-0.3, -0.25) is 24.5 Å². The van der Waals surface area contributed by atoms with Crippen LogP contribution in [0, 0.1) is 17.0 Å². The maximum Gasteiger partial charge on any atom is 0.293 e. The van der Waals surface area contributed by atoms with Gasteiger partial charge in [0, 0.05) is 116 Å². The van der Waals surface area contributed by atoms with Gasteiger partial charge in [0.05, 0.1) is 34.3 Å². The Hall–Kier alpha value is -6.04. The highest BCUT2D eigenvalue weighted by Crippen LogP contribution is 2.40. The van der Waals surface area contributed by atoms with Crippen molar-refractivity contribution in [1.29, 1.82) is 0 Å². The molecule has 0 unspecified atom stereocenters. The van der Waals surface area contributed by atoms with E-state index in [2.05, 4.69) is 46.8 Å². The van der Waals surface area contributed by atoms with Crippen LogP contribution in [0.25, 0.3) is 22.4 Å². The molecule has 350 valence electrons. The molecule has 67 heavy (non-hydrogen) atoms. The van der Waals surface area contributed by atoms with Gasteiger partial charge in [-0.15, -0.1) is 11.8 Å². The van der Waals surface area contributed by atoms with Gasteiger partial charge in [0.25, 0.3) is 21.6 Å². The number of carbonyl (C=O) groups is 1. The largest absolute Gasteiger partial charge is 0.379 e. The van der Waals surface area contributed by atoms with Crippen molar-refractivity contribution in [2.24, 2.45) is 7.05 Å². The first kappa shape index (κ1) is 47.5. The molecule has 5 aromatic carbocycles. The van der Waals surface area contributed by atoms with E-state index in [0.29, 0.717) is 35.2 Å². The molecule has 3 N–H and O–H groups in total. The van der Waals surface area contributed by atoms with Gasteiger partial charge >= 0.3 is 0 Å². The number of rotatable bonds is 17. The minimum absolute atomic E-state index is 0.122. The Bertz CT molecular complexity index is 2800. The summed E-state index contributed by atoms with van der Waals surface area (Å²) in [7, 11) is -0.549. The Kier molecular flexibility index (Phi) is 15.1. The number of thioether (sulfide) groups is 1. The second-order valence-electron chi connectivity index (χ2n) is 16.6. The standard InChI is InChI=1S/C50H55ClN8O6S2/c1-35-47(50(60)52-2)48(49(55(35)3)36-12-14-38(51)15-13-36)37-8-7-9-42(32-37)58-26-24-57(25-27-58)41-18-16-39(17-19-41)54-67(63,64)44-20-21-45(46(33-44)59(61)62)53-40(22-23-56-28-30-65-31-29-56)34-66-43-10-5-4-6-11-43/h4-21,32-33,40,53-54H,22-31,34H2,1-3H3,(H,52,60)/t40-/m1/s1. The van der Waals surface area contributed by atoms with Crippen LogP contribution in [0.2, 0.25) is 5.02 Å². The molecule has 8 rings (SSSR count). The fraction of sp³-hybridized carbons (Fsp3) is 0.300. The zero-order chi connectivity index (χ0) is 47.1. The number of hydrogen-bond acceptors (Lipinski definition) is 11. The summed E-state index contributed by atoms with van der Waals surface area (Å²) in [5.74, 6) is 0.511. The van der Waals surface area contributed by atoms with E-state index in [1.54, 1.807) is 30.9 Å². The van der Waals surface area contributed by atoms with E-state index in [-0.39, 0.29) is 28.2 Å². The number of amides is 1. The number of aromatic nitrogens is 1. The Labute approximate surface area is 401 Å². The molecule has 2 aliphatic rings. The lowest BCUT2D eigenvalue weighted by molar-refractivity contribution is -0.384. The van der Waals surface area contributed by atoms with Crippen LogP contribution in [-0.2, 0) is 21.8 Å². The van der Waals surface area contributed by atoms with Crippen molar-refractivity contribution in [3.8, 4) is 22.4 Å². The second kappa shape index (κ2) is 21.3. The maximum absolute atomic E-state index is 13.7. The average Bonchev–Trinajstić information content (AvgIpc) is 3.62. The highest BCUT2D eigenvalue weighted by atomic mass is 35.5. The van der Waals surface area contributed by atoms with Gasteiger partial charge in [-0.05, 0) is 97.3 Å². The number of nitrogens with zero attached hydrogens (tertiary/aromatic N) is 5. The van der Waals surface area contributed by atoms with E-state index in [0.717, 1.165) is 103 Å². The number of halogens is 1. The van der Waals surface area contributed by atoms with Crippen LogP contribution in [0.3, 0.4) is 0 Å². The summed E-state index contributed by atoms with van der Waals surface area (Å²) in [5, 5.41) is 19.3. The normalized spacial score (nSPS) is 15.0. The molecule has 0 radical (unpaired) electrons. The number of hydrogen-bond donors (Lipinski definition) is 3. The third-order valence-electron chi connectivity index (χ3n) is 12.5. The molecular weight excluding hydrogens is 908 g/mol. The van der Waals surface area contributed by atoms with Crippen LogP contribution < -0.4 is 25.2 Å². The third kappa shape index (κ3) is 11.2. The van der Waals surface area contributed by atoms with Crippen LogP contribution in [0.5, 0.6) is 0 Å². The molecule has 17 heteroatoms. The molecule has 0 saturated carbocycles. The van der Waals surface area contributed by atoms with Gasteiger partial charge in [-0.2, -0.15) is 0 Å². The number of nitro benzene ring substituents is 1. The lowest BCUT2D eigenvalue weighted by atomic mass is 9.96. The molecule has 6 aromatic rings. The van der Waals surface area contributed by atoms with E-state index < -0.39 is 14.9 Å². The zero-order valence-corrected chi connectivity index (χ0v) is 40.2. The van der Waals surface area contributed by atoms with Crippen LogP contribution in [0.1, 0.15) is 22.5 Å². The molecule has 1 amide bonds. The molecule has 14 nitrogen and oxygen atoms in total. The van der Waals surface area contributed by atoms with Crippen LogP contribution in [-0.4, -0.2) is 107 Å². The maximum atomic E-state index is 13.7. The number of carbonyl (C=O) groups excluding carboxylic acids is 1. The van der Waals surface area contributed by atoms with Crippen molar-refractivity contribution in [2.75, 3.05) is 91.7 Å². The topological polar surface area (TPSA) is 154 Å². The molecule has 3 heterocycles. The monoisotopic (exact) mass is 962 g/mol. The summed E-state index contributed by atoms with van der Waals surface area (Å²) in [6, 6.07) is 37.0. The quantitative estimate of drug-likeness (QED) is 0.0456. The summed E-state index contributed by atoms with van der Waals surface area (Å²) in [6.45, 7) is 8.72. The van der Waals surface area contributed by atoms with Gasteiger partial charge < -0.3 is 29.7 Å². The average molecular weight is 964 g/mol. The molecule has 0 aliphatic carbocycles. The molecule has 2 saturated heterocycles. The smallest absolute Gasteiger partial charge is 0.293 e. The van der Waals surface area contributed by atoms with E-state index in [1.165, 1.54) is 12.1 Å². The second-order valence-corrected chi connectivity index (χ2v) is 19.9. The van der Waals surface area contributed by atoms with Gasteiger partial charge in [-0.25, -0.2) is 8.42 Å². The summed E-state index contributed by atoms with van der Waals surface area (Å²) in [6.07, 6.45) is 0.738. The summed E-state index contributed by atoms with van der Waals surface area (Å²) < 4.78 is 37.6. The first-order chi connectivity index (χ1) is 32.4. The van der Waals surface area contributed by atoms with Crippen molar-refractivity contribution >= 4 is 67.7 Å². The molecular formula is C50H55ClN8O6S2. The molecule has 0 spiro atoms. The summed E-state index contributed by atoms with van der Waals surface area (Å²) in [4.78, 5) is 33.0. The van der Waals surface area contributed by atoms with E-state index >= 15 is 0 Å². The predicted molar refractivity (Wildman–Crippen MR) is 271 cm³/mol. The first-order valence-electron chi connectivity index (χ1n) is 22.3. The lowest BCUT2D eigenvalue weighted by Gasteiger charge is -2.37. The van der Waals surface area contributed by atoms with Gasteiger partial charge in [0.2, 0.25) is 0 Å². The summed E-state index contributed by atoms with van der Waals surface area (Å²) in [5.41, 5.74) is 7.46. The Morgan fingerprint density at radius 1 is 0.836 bits per heavy atom. The first-order valence-corrected chi connectivity index (χ1v) is 25.2. The number of piperazine rings is 1. The van der Waals surface area contributed by atoms with Crippen LogP contribution >= 0.6 is 23.4 Å². The van der Waals surface area contributed by atoms with Crippen molar-refractivity contribution in [3.05, 3.63) is 148 Å². The number of anilines is 4. The predicted octanol–water partition coefficient (Wildman–Crippen LogP) is 9.01. The van der Waals surface area contributed by atoms with Gasteiger partial charge in [0.1, 0.15) is 5.69 Å². The number of ether oxygens (including phenoxy) is 1. The van der Waals surface area contributed by atoms with Gasteiger partial charge in [-0.1, -0.05) is 54.1 Å². The van der Waals surface area contributed by atoms with Crippen LogP contribution in [0.4, 0.5) is 28.4 Å². The molecule has 1 atom stereocenters. The van der Waals surface area contributed by atoms with Crippen LogP contribution in [0.15, 0.2) is 131 Å². The molecule has 1 aromatic heterocycles. The fourth-order valence-electron chi connectivity index (χ4n) is 8.71. The van der Waals surface area contributed by atoms with E-state index in [9.17, 15) is 23.3 Å². The minimum Gasteiger partial charge on any atom is -0.379 e. The zero-order valence-electron chi connectivity index (χ0n) is 37.8. The fourth-order valence-corrected chi connectivity index (χ4v) is 10.9. The number of sulfonamides is 1. The van der Waals surface area contributed by atoms with E-state index in [1.807, 2.05) is 92.8 Å². The van der Waals surface area contributed by atoms with Crippen molar-refractivity contribution in [1.82, 2.24) is 14.8 Å². The Morgan fingerprint density at radius 3 is 2.19 bits per heavy atom. The molecule has 2 aliphatic heterocycles. The Balaban J connectivity index is 0.923. The number of nitrogens with one attached hydrogen (secondary N) is 3. The number of nitro groups is 1. The van der Waals surface area contributed by atoms with E-state index in [4.69, 9.17) is 16.3 Å². The van der Waals surface area contributed by atoms with Crippen molar-refractivity contribution in [3.63, 3.8) is 0 Å². The SMILES string of the molecule is CNC(=O)c1c(-c2cccc(N3CCN(c4ccc(NS(=O)(=O)c5ccc(N[C@H](CCN6CCOCC6)CSc6ccccc6)c([N+](=O)[O-])c5)cc4)CC3)c2)c(-c2ccc(Cl)cc2)n(C)c1C. The van der Waals surface area contributed by atoms with Crippen molar-refractivity contribution < 1.29 is 22.9 Å². The number of benzene rings is 5. The highest BCUT2D eigenvalue weighted by molar-refractivity contribution is 7.99. The lowest BCUT2D eigenvalue weighted by Crippen LogP contribution is -2.46. The van der Waals surface area contributed by atoms with Gasteiger partial charge in [0.15, 0.2) is 0 Å². The number of morpholine rings is 1. The molecule has 0 bridgehead atoms. The highest BCUT2D eigenvalue weighted by Gasteiger charge is 2.28. The third-order valence-corrected chi connectivity index (χ3v) is 15.3. The Morgan fingerprint density at radius 2 is 1.52 bits per heavy atom. The minimum atomic E-state index is -4.17. The van der Waals surface area contributed by atoms with Crippen molar-refractivity contribution in [2.45, 2.75) is 29.2 Å².